The Morgan fingerprint density at radius 2 is 2.05 bits per heavy atom. The molecule has 0 radical (unpaired) electrons. The minimum Gasteiger partial charge on any atom is -0.493 e. The molecule has 21 heavy (non-hydrogen) atoms. The van der Waals surface area contributed by atoms with Gasteiger partial charge in [0.25, 0.3) is 0 Å². The van der Waals surface area contributed by atoms with Gasteiger partial charge in [-0.25, -0.2) is 4.79 Å². The quantitative estimate of drug-likeness (QED) is 0.709. The van der Waals surface area contributed by atoms with Crippen LogP contribution in [0.4, 0.5) is 0 Å². The first kappa shape index (κ1) is 17.5. The first-order chi connectivity index (χ1) is 9.99. The monoisotopic (exact) mass is 293 g/mol. The Morgan fingerprint density at radius 1 is 1.33 bits per heavy atom. The highest BCUT2D eigenvalue weighted by Crippen LogP contribution is 2.21. The van der Waals surface area contributed by atoms with Crippen LogP contribution in [-0.2, 0) is 6.42 Å². The molecule has 0 atom stereocenters. The molecule has 0 spiro atoms. The van der Waals surface area contributed by atoms with Crippen LogP contribution in [0.15, 0.2) is 18.2 Å². The number of carbonyl (C=O) groups is 1. The fourth-order valence-corrected chi connectivity index (χ4v) is 2.32. The van der Waals surface area contributed by atoms with E-state index in [0.717, 1.165) is 31.5 Å². The number of nitrogens with zero attached hydrogens (tertiary/aromatic N) is 1. The standard InChI is InChI=1S/C17H27NO3/c1-5-14-8-9-16(15(12-14)17(19)20)21-11-7-10-18(6-2)13(3)4/h8-9,12-13H,5-7,10-11H2,1-4H3,(H,19,20). The Balaban J connectivity index is 2.57. The van der Waals surface area contributed by atoms with Crippen molar-refractivity contribution in [3.05, 3.63) is 29.3 Å². The second kappa shape index (κ2) is 8.67. The van der Waals surface area contributed by atoms with Gasteiger partial charge in [-0.1, -0.05) is 19.9 Å². The van der Waals surface area contributed by atoms with Crippen LogP contribution < -0.4 is 4.74 Å². The SMILES string of the molecule is CCc1ccc(OCCCN(CC)C(C)C)c(C(=O)O)c1. The molecule has 1 aromatic rings. The molecular formula is C17H27NO3. The van der Waals surface area contributed by atoms with Crippen molar-refractivity contribution in [1.29, 1.82) is 0 Å². The summed E-state index contributed by atoms with van der Waals surface area (Å²) in [6.45, 7) is 11.0. The maximum atomic E-state index is 11.3. The molecule has 4 nitrogen and oxygen atoms in total. The van der Waals surface area contributed by atoms with Gasteiger partial charge < -0.3 is 14.7 Å². The number of benzene rings is 1. The van der Waals surface area contributed by atoms with Crippen molar-refractivity contribution in [3.8, 4) is 5.75 Å². The predicted octanol–water partition coefficient (Wildman–Crippen LogP) is 3.45. The Labute approximate surface area is 127 Å². The van der Waals surface area contributed by atoms with Crippen LogP contribution >= 0.6 is 0 Å². The molecule has 1 rings (SSSR count). The molecular weight excluding hydrogens is 266 g/mol. The fraction of sp³-hybridized carbons (Fsp3) is 0.588. The minimum absolute atomic E-state index is 0.255. The van der Waals surface area contributed by atoms with E-state index in [1.54, 1.807) is 12.1 Å². The minimum atomic E-state index is -0.933. The van der Waals surface area contributed by atoms with E-state index in [1.165, 1.54) is 0 Å². The van der Waals surface area contributed by atoms with Gasteiger partial charge in [0.05, 0.1) is 6.61 Å². The van der Waals surface area contributed by atoms with E-state index in [2.05, 4.69) is 25.7 Å². The molecule has 0 heterocycles. The Kier molecular flexibility index (Phi) is 7.23. The van der Waals surface area contributed by atoms with Crippen LogP contribution in [0.25, 0.3) is 0 Å². The van der Waals surface area contributed by atoms with E-state index in [0.29, 0.717) is 18.4 Å². The summed E-state index contributed by atoms with van der Waals surface area (Å²) in [6.07, 6.45) is 1.71. The summed E-state index contributed by atoms with van der Waals surface area (Å²) in [5, 5.41) is 9.25. The molecule has 0 bridgehead atoms. The molecule has 0 saturated carbocycles. The van der Waals surface area contributed by atoms with Crippen molar-refractivity contribution in [2.45, 2.75) is 46.6 Å². The van der Waals surface area contributed by atoms with Crippen molar-refractivity contribution in [2.75, 3.05) is 19.7 Å². The molecule has 1 N–H and O–H groups in total. The van der Waals surface area contributed by atoms with Gasteiger partial charge in [0.1, 0.15) is 11.3 Å². The van der Waals surface area contributed by atoms with E-state index < -0.39 is 5.97 Å². The molecule has 0 amide bonds. The van der Waals surface area contributed by atoms with E-state index in [4.69, 9.17) is 4.74 Å². The lowest BCUT2D eigenvalue weighted by Gasteiger charge is -2.24. The normalized spacial score (nSPS) is 11.1. The van der Waals surface area contributed by atoms with Gasteiger partial charge in [0.15, 0.2) is 0 Å². The van der Waals surface area contributed by atoms with Crippen LogP contribution in [0.2, 0.25) is 0 Å². The van der Waals surface area contributed by atoms with Crippen LogP contribution in [0, 0.1) is 0 Å². The summed E-state index contributed by atoms with van der Waals surface area (Å²) in [7, 11) is 0. The van der Waals surface area contributed by atoms with Crippen LogP contribution in [-0.4, -0.2) is 41.7 Å². The molecule has 4 heteroatoms. The molecule has 1 aromatic carbocycles. The third-order valence-corrected chi connectivity index (χ3v) is 3.67. The topological polar surface area (TPSA) is 49.8 Å². The van der Waals surface area contributed by atoms with Crippen molar-refractivity contribution in [2.24, 2.45) is 0 Å². The van der Waals surface area contributed by atoms with Gasteiger partial charge in [0.2, 0.25) is 0 Å². The lowest BCUT2D eigenvalue weighted by Crippen LogP contribution is -2.32. The number of rotatable bonds is 9. The number of carboxylic acids is 1. The molecule has 0 aliphatic heterocycles. The Morgan fingerprint density at radius 3 is 2.57 bits per heavy atom. The second-order valence-electron chi connectivity index (χ2n) is 5.41. The summed E-state index contributed by atoms with van der Waals surface area (Å²) in [4.78, 5) is 13.6. The molecule has 0 fully saturated rings. The van der Waals surface area contributed by atoms with Gasteiger partial charge in [-0.15, -0.1) is 0 Å². The number of aryl methyl sites for hydroxylation is 1. The molecule has 0 aromatic heterocycles. The summed E-state index contributed by atoms with van der Waals surface area (Å²) in [6, 6.07) is 5.91. The van der Waals surface area contributed by atoms with Gasteiger partial charge in [-0.05, 0) is 50.9 Å². The average molecular weight is 293 g/mol. The Hall–Kier alpha value is -1.55. The zero-order valence-corrected chi connectivity index (χ0v) is 13.6. The summed E-state index contributed by atoms with van der Waals surface area (Å²) in [5.74, 6) is -0.468. The highest BCUT2D eigenvalue weighted by atomic mass is 16.5. The van der Waals surface area contributed by atoms with E-state index in [-0.39, 0.29) is 5.56 Å². The number of ether oxygens (including phenoxy) is 1. The van der Waals surface area contributed by atoms with Gasteiger partial charge >= 0.3 is 5.97 Å². The van der Waals surface area contributed by atoms with Crippen molar-refractivity contribution in [3.63, 3.8) is 0 Å². The first-order valence-electron chi connectivity index (χ1n) is 7.72. The summed E-state index contributed by atoms with van der Waals surface area (Å²) < 4.78 is 5.67. The zero-order chi connectivity index (χ0) is 15.8. The maximum Gasteiger partial charge on any atom is 0.339 e. The van der Waals surface area contributed by atoms with Crippen LogP contribution in [0.5, 0.6) is 5.75 Å². The molecule has 0 aliphatic carbocycles. The third kappa shape index (κ3) is 5.38. The predicted molar refractivity (Wildman–Crippen MR) is 85.3 cm³/mol. The van der Waals surface area contributed by atoms with Crippen LogP contribution in [0.1, 0.15) is 50.0 Å². The second-order valence-corrected chi connectivity index (χ2v) is 5.41. The summed E-state index contributed by atoms with van der Waals surface area (Å²) in [5.41, 5.74) is 1.27. The molecule has 118 valence electrons. The van der Waals surface area contributed by atoms with Gasteiger partial charge in [0, 0.05) is 12.6 Å². The number of hydrogen-bond acceptors (Lipinski definition) is 3. The van der Waals surface area contributed by atoms with E-state index in [1.807, 2.05) is 13.0 Å². The highest BCUT2D eigenvalue weighted by Gasteiger charge is 2.12. The van der Waals surface area contributed by atoms with Gasteiger partial charge in [-0.2, -0.15) is 0 Å². The fourth-order valence-electron chi connectivity index (χ4n) is 2.32. The number of aromatic carboxylic acids is 1. The average Bonchev–Trinajstić information content (AvgIpc) is 2.46. The number of hydrogen-bond donors (Lipinski definition) is 1. The van der Waals surface area contributed by atoms with E-state index >= 15 is 0 Å². The van der Waals surface area contributed by atoms with Crippen molar-refractivity contribution >= 4 is 5.97 Å². The first-order valence-corrected chi connectivity index (χ1v) is 7.72. The highest BCUT2D eigenvalue weighted by molar-refractivity contribution is 5.91. The maximum absolute atomic E-state index is 11.3. The molecule has 0 aliphatic rings. The van der Waals surface area contributed by atoms with Crippen molar-refractivity contribution < 1.29 is 14.6 Å². The summed E-state index contributed by atoms with van der Waals surface area (Å²) >= 11 is 0. The van der Waals surface area contributed by atoms with Gasteiger partial charge in [-0.3, -0.25) is 0 Å². The molecule has 0 unspecified atom stereocenters. The zero-order valence-electron chi connectivity index (χ0n) is 13.6. The Bertz CT molecular complexity index is 457. The van der Waals surface area contributed by atoms with Crippen molar-refractivity contribution in [1.82, 2.24) is 4.90 Å². The number of carboxylic acid groups (broad SMARTS) is 1. The van der Waals surface area contributed by atoms with Crippen LogP contribution in [0.3, 0.4) is 0 Å². The molecule has 0 saturated heterocycles. The third-order valence-electron chi connectivity index (χ3n) is 3.67. The lowest BCUT2D eigenvalue weighted by molar-refractivity contribution is 0.0692. The lowest BCUT2D eigenvalue weighted by atomic mass is 10.1. The smallest absolute Gasteiger partial charge is 0.339 e. The largest absolute Gasteiger partial charge is 0.493 e. The van der Waals surface area contributed by atoms with E-state index in [9.17, 15) is 9.90 Å².